The largest absolute Gasteiger partial charge is 0.480 e. The molecule has 0 saturated heterocycles. The van der Waals surface area contributed by atoms with Crippen LogP contribution in [-0.4, -0.2) is 36.1 Å². The molecule has 0 saturated carbocycles. The number of nitrogens with zero attached hydrogens (tertiary/aromatic N) is 3. The van der Waals surface area contributed by atoms with Crippen LogP contribution < -0.4 is 15.8 Å². The minimum atomic E-state index is -0.939. The third kappa shape index (κ3) is 5.30. The molecule has 2 aromatic carbocycles. The normalized spacial score (nSPS) is 12.9. The number of Topliss-reactive ketones (excluding diaryl/α,β-unsaturated/α-hetero) is 1. The topological polar surface area (TPSA) is 102 Å². The monoisotopic (exact) mass is 419 g/mol. The van der Waals surface area contributed by atoms with Crippen molar-refractivity contribution in [1.82, 2.24) is 9.97 Å². The van der Waals surface area contributed by atoms with Gasteiger partial charge in [-0.25, -0.2) is 4.39 Å². The number of rotatable bonds is 8. The van der Waals surface area contributed by atoms with Gasteiger partial charge in [-0.3, -0.25) is 14.8 Å². The van der Waals surface area contributed by atoms with E-state index in [-0.39, 0.29) is 11.6 Å². The summed E-state index contributed by atoms with van der Waals surface area (Å²) in [6.45, 7) is 0. The number of nitrogens with one attached hydrogen (secondary N) is 1. The van der Waals surface area contributed by atoms with E-state index in [1.807, 2.05) is 30.3 Å². The maximum Gasteiger partial charge on any atom is 0.233 e. The summed E-state index contributed by atoms with van der Waals surface area (Å²) in [5.74, 6) is -0.250. The van der Waals surface area contributed by atoms with Crippen molar-refractivity contribution in [3.8, 4) is 5.88 Å². The van der Waals surface area contributed by atoms with Crippen LogP contribution in [-0.2, 0) is 4.79 Å². The maximum absolute atomic E-state index is 13.5. The number of anilines is 1. The van der Waals surface area contributed by atoms with Crippen molar-refractivity contribution in [3.05, 3.63) is 89.6 Å². The summed E-state index contributed by atoms with van der Waals surface area (Å²) >= 11 is 0. The fraction of sp³-hybridized carbons (Fsp3) is 0.130. The van der Waals surface area contributed by atoms with Crippen LogP contribution in [0, 0.1) is 5.82 Å². The molecule has 0 aliphatic heterocycles. The van der Waals surface area contributed by atoms with Gasteiger partial charge in [0.1, 0.15) is 17.7 Å². The minimum absolute atomic E-state index is 0.00878. The van der Waals surface area contributed by atoms with Crippen LogP contribution in [0.5, 0.6) is 5.88 Å². The van der Waals surface area contributed by atoms with E-state index >= 15 is 0 Å². The molecule has 3 aromatic rings. The van der Waals surface area contributed by atoms with Gasteiger partial charge >= 0.3 is 0 Å². The summed E-state index contributed by atoms with van der Waals surface area (Å²) in [4.78, 5) is 25.8. The molecule has 0 bridgehead atoms. The van der Waals surface area contributed by atoms with Gasteiger partial charge in [0.25, 0.3) is 0 Å². The fourth-order valence-electron chi connectivity index (χ4n) is 2.95. The first-order valence-electron chi connectivity index (χ1n) is 9.43. The average Bonchev–Trinajstić information content (AvgIpc) is 2.81. The van der Waals surface area contributed by atoms with Gasteiger partial charge in [0.2, 0.25) is 11.7 Å². The van der Waals surface area contributed by atoms with Gasteiger partial charge in [-0.2, -0.15) is 4.98 Å². The summed E-state index contributed by atoms with van der Waals surface area (Å²) in [7, 11) is 3.07. The predicted molar refractivity (Wildman–Crippen MR) is 118 cm³/mol. The molecule has 0 radical (unpaired) electrons. The first-order chi connectivity index (χ1) is 15.0. The van der Waals surface area contributed by atoms with Gasteiger partial charge in [0.05, 0.1) is 25.2 Å². The standard InChI is InChI=1S/C23H22FN5O2/c1-26-12-18(15-6-4-3-5-7-15)21(25)23(30)22(16-8-10-17(24)11-9-16)29-19-13-27-14-20(28-19)31-2/h3-14,22H,25H2,1-2H3,(H,28,29). The number of aliphatic imine (C=N–C) groups is 1. The minimum Gasteiger partial charge on any atom is -0.480 e. The summed E-state index contributed by atoms with van der Waals surface area (Å²) in [6, 6.07) is 13.9. The lowest BCUT2D eigenvalue weighted by Crippen LogP contribution is -2.27. The molecule has 7 nitrogen and oxygen atoms in total. The first kappa shape index (κ1) is 21.6. The second-order valence-corrected chi connectivity index (χ2v) is 6.52. The predicted octanol–water partition coefficient (Wildman–Crippen LogP) is 3.42. The van der Waals surface area contributed by atoms with Crippen LogP contribution in [0.4, 0.5) is 10.2 Å². The van der Waals surface area contributed by atoms with Gasteiger partial charge in [0, 0.05) is 18.8 Å². The molecule has 8 heteroatoms. The molecule has 3 N–H and O–H groups in total. The molecule has 3 rings (SSSR count). The van der Waals surface area contributed by atoms with Gasteiger partial charge < -0.3 is 15.8 Å². The molecule has 0 spiro atoms. The van der Waals surface area contributed by atoms with Crippen molar-refractivity contribution in [1.29, 1.82) is 0 Å². The highest BCUT2D eigenvalue weighted by Gasteiger charge is 2.25. The molecular formula is C23H22FN5O2. The zero-order valence-corrected chi connectivity index (χ0v) is 17.1. The molecule has 0 fully saturated rings. The van der Waals surface area contributed by atoms with Crippen LogP contribution in [0.1, 0.15) is 17.2 Å². The number of methoxy groups -OCH3 is 1. The molecule has 1 unspecified atom stereocenters. The van der Waals surface area contributed by atoms with Crippen LogP contribution in [0.2, 0.25) is 0 Å². The average molecular weight is 419 g/mol. The number of hydrogen-bond donors (Lipinski definition) is 2. The van der Waals surface area contributed by atoms with Crippen LogP contribution in [0.15, 0.2) is 77.7 Å². The number of hydrogen-bond acceptors (Lipinski definition) is 7. The lowest BCUT2D eigenvalue weighted by atomic mass is 9.96. The number of benzene rings is 2. The molecule has 1 atom stereocenters. The molecule has 158 valence electrons. The Balaban J connectivity index is 2.06. The Bertz CT molecular complexity index is 1100. The van der Waals surface area contributed by atoms with Crippen molar-refractivity contribution < 1.29 is 13.9 Å². The van der Waals surface area contributed by atoms with E-state index in [0.717, 1.165) is 5.56 Å². The molecule has 0 aliphatic rings. The molecule has 1 aromatic heterocycles. The number of nitrogens with two attached hydrogens (primary N) is 1. The fourth-order valence-corrected chi connectivity index (χ4v) is 2.95. The van der Waals surface area contributed by atoms with E-state index in [1.54, 1.807) is 7.05 Å². The Labute approximate surface area is 179 Å². The third-order valence-electron chi connectivity index (χ3n) is 4.48. The summed E-state index contributed by atoms with van der Waals surface area (Å²) in [5.41, 5.74) is 8.08. The van der Waals surface area contributed by atoms with E-state index in [9.17, 15) is 9.18 Å². The Kier molecular flexibility index (Phi) is 7.05. The molecular weight excluding hydrogens is 397 g/mol. The number of carbonyl (C=O) groups excluding carboxylic acids is 1. The van der Waals surface area contributed by atoms with E-state index < -0.39 is 17.6 Å². The highest BCUT2D eigenvalue weighted by molar-refractivity contribution is 6.20. The maximum atomic E-state index is 13.5. The summed E-state index contributed by atoms with van der Waals surface area (Å²) in [6.07, 6.45) is 4.44. The van der Waals surface area contributed by atoms with Gasteiger partial charge in [-0.15, -0.1) is 0 Å². The van der Waals surface area contributed by atoms with Crippen molar-refractivity contribution >= 4 is 23.4 Å². The molecule has 31 heavy (non-hydrogen) atoms. The Hall–Kier alpha value is -4.07. The van der Waals surface area contributed by atoms with Gasteiger partial charge in [-0.1, -0.05) is 42.5 Å². The second-order valence-electron chi connectivity index (χ2n) is 6.52. The number of ketones is 1. The van der Waals surface area contributed by atoms with Crippen molar-refractivity contribution in [2.75, 3.05) is 19.5 Å². The Morgan fingerprint density at radius 1 is 1.16 bits per heavy atom. The first-order valence-corrected chi connectivity index (χ1v) is 9.43. The smallest absolute Gasteiger partial charge is 0.233 e. The Morgan fingerprint density at radius 3 is 2.52 bits per heavy atom. The van der Waals surface area contributed by atoms with Crippen LogP contribution in [0.3, 0.4) is 0 Å². The number of halogens is 1. The summed E-state index contributed by atoms with van der Waals surface area (Å²) in [5, 5.41) is 3.03. The van der Waals surface area contributed by atoms with Crippen molar-refractivity contribution in [2.45, 2.75) is 6.04 Å². The highest BCUT2D eigenvalue weighted by Crippen LogP contribution is 2.25. The zero-order chi connectivity index (χ0) is 22.2. The van der Waals surface area contributed by atoms with Gasteiger partial charge in [-0.05, 0) is 23.3 Å². The molecule has 0 amide bonds. The van der Waals surface area contributed by atoms with E-state index in [2.05, 4.69) is 20.3 Å². The van der Waals surface area contributed by atoms with Gasteiger partial charge in [0.15, 0.2) is 0 Å². The lowest BCUT2D eigenvalue weighted by molar-refractivity contribution is -0.116. The van der Waals surface area contributed by atoms with Crippen LogP contribution >= 0.6 is 0 Å². The lowest BCUT2D eigenvalue weighted by Gasteiger charge is -2.20. The third-order valence-corrected chi connectivity index (χ3v) is 4.48. The molecule has 1 heterocycles. The van der Waals surface area contributed by atoms with Crippen LogP contribution in [0.25, 0.3) is 5.57 Å². The quantitative estimate of drug-likeness (QED) is 0.428. The number of ether oxygens (including phenoxy) is 1. The number of carbonyl (C=O) groups is 1. The Morgan fingerprint density at radius 2 is 1.87 bits per heavy atom. The SMILES string of the molecule is CN=CC(=C(N)C(=O)C(Nc1cncc(OC)n1)c1ccc(F)cc1)c1ccccc1. The van der Waals surface area contributed by atoms with E-state index in [4.69, 9.17) is 10.5 Å². The van der Waals surface area contributed by atoms with Crippen molar-refractivity contribution in [3.63, 3.8) is 0 Å². The summed E-state index contributed by atoms with van der Waals surface area (Å²) < 4.78 is 18.6. The zero-order valence-electron chi connectivity index (χ0n) is 17.1. The van der Waals surface area contributed by atoms with Crippen molar-refractivity contribution in [2.24, 2.45) is 10.7 Å². The van der Waals surface area contributed by atoms with E-state index in [0.29, 0.717) is 17.0 Å². The number of allylic oxidation sites excluding steroid dienone is 1. The molecule has 0 aliphatic carbocycles. The van der Waals surface area contributed by atoms with E-state index in [1.165, 1.54) is 50.0 Å². The number of aromatic nitrogens is 2. The second kappa shape index (κ2) is 10.1. The highest BCUT2D eigenvalue weighted by atomic mass is 19.1.